The predicted octanol–water partition coefficient (Wildman–Crippen LogP) is 4.33. The third-order valence-electron chi connectivity index (χ3n) is 4.50. The van der Waals surface area contributed by atoms with Gasteiger partial charge < -0.3 is 11.5 Å². The number of hydrogen-bond donors (Lipinski definition) is 2. The lowest BCUT2D eigenvalue weighted by Crippen LogP contribution is -1.98. The van der Waals surface area contributed by atoms with Crippen molar-refractivity contribution in [2.45, 2.75) is 6.42 Å². The summed E-state index contributed by atoms with van der Waals surface area (Å²) in [5.74, 6) is -0.702. The minimum absolute atomic E-state index is 0.339. The molecule has 0 aliphatic carbocycles. The van der Waals surface area contributed by atoms with Gasteiger partial charge in [-0.25, -0.2) is 8.78 Å². The molecule has 4 nitrogen and oxygen atoms in total. The molecule has 0 amide bonds. The van der Waals surface area contributed by atoms with Gasteiger partial charge in [0.15, 0.2) is 0 Å². The fourth-order valence-electron chi connectivity index (χ4n) is 3.08. The average Bonchev–Trinajstić information content (AvgIpc) is 2.66. The zero-order valence-electron chi connectivity index (χ0n) is 14.3. The maximum absolute atomic E-state index is 14.4. The van der Waals surface area contributed by atoms with Crippen LogP contribution in [0.3, 0.4) is 0 Å². The summed E-state index contributed by atoms with van der Waals surface area (Å²) in [4.78, 5) is 0. The van der Waals surface area contributed by atoms with E-state index in [4.69, 9.17) is 11.5 Å². The van der Waals surface area contributed by atoms with Gasteiger partial charge in [0.05, 0.1) is 23.3 Å². The van der Waals surface area contributed by atoms with Crippen molar-refractivity contribution in [3.8, 4) is 11.1 Å². The molecule has 6 heteroatoms. The van der Waals surface area contributed by atoms with Gasteiger partial charge in [-0.05, 0) is 53.6 Å². The molecule has 0 saturated carbocycles. The normalized spacial score (nSPS) is 11.0. The molecular formula is C21H16F2N4. The Balaban J connectivity index is 1.76. The van der Waals surface area contributed by atoms with E-state index in [0.717, 1.165) is 10.9 Å². The summed E-state index contributed by atoms with van der Waals surface area (Å²) in [6.07, 6.45) is 1.98. The van der Waals surface area contributed by atoms with Crippen molar-refractivity contribution in [3.05, 3.63) is 83.7 Å². The Morgan fingerprint density at radius 3 is 2.52 bits per heavy atom. The predicted molar refractivity (Wildman–Crippen MR) is 103 cm³/mol. The molecule has 0 bridgehead atoms. The van der Waals surface area contributed by atoms with E-state index in [1.54, 1.807) is 42.6 Å². The number of aromatic nitrogens is 2. The Kier molecular flexibility index (Phi) is 4.16. The number of anilines is 2. The highest BCUT2D eigenvalue weighted by Crippen LogP contribution is 2.29. The van der Waals surface area contributed by atoms with E-state index in [9.17, 15) is 8.78 Å². The molecule has 134 valence electrons. The third-order valence-corrected chi connectivity index (χ3v) is 4.50. The summed E-state index contributed by atoms with van der Waals surface area (Å²) >= 11 is 0. The van der Waals surface area contributed by atoms with Crippen LogP contribution in [0.15, 0.2) is 60.8 Å². The van der Waals surface area contributed by atoms with Crippen LogP contribution >= 0.6 is 0 Å². The summed E-state index contributed by atoms with van der Waals surface area (Å²) in [6, 6.07) is 14.3. The Labute approximate surface area is 154 Å². The molecular weight excluding hydrogens is 346 g/mol. The van der Waals surface area contributed by atoms with Crippen molar-refractivity contribution in [1.29, 1.82) is 0 Å². The second-order valence-corrected chi connectivity index (χ2v) is 6.36. The second kappa shape index (κ2) is 6.64. The lowest BCUT2D eigenvalue weighted by Gasteiger charge is -2.10. The maximum atomic E-state index is 14.4. The largest absolute Gasteiger partial charge is 0.397 e. The number of nitrogens with two attached hydrogens (primary N) is 2. The zero-order valence-corrected chi connectivity index (χ0v) is 14.3. The van der Waals surface area contributed by atoms with Crippen molar-refractivity contribution in [3.63, 3.8) is 0 Å². The molecule has 1 aromatic heterocycles. The number of fused-ring (bicyclic) bond motifs is 1. The smallest absolute Gasteiger partial charge is 0.131 e. The van der Waals surface area contributed by atoms with Gasteiger partial charge in [0, 0.05) is 22.8 Å². The number of hydrogen-bond acceptors (Lipinski definition) is 4. The zero-order chi connectivity index (χ0) is 19.0. The minimum atomic E-state index is -0.363. The highest BCUT2D eigenvalue weighted by molar-refractivity contribution is 5.84. The molecule has 3 aromatic carbocycles. The van der Waals surface area contributed by atoms with Crippen molar-refractivity contribution in [2.75, 3.05) is 11.5 Å². The van der Waals surface area contributed by atoms with Crippen molar-refractivity contribution in [2.24, 2.45) is 0 Å². The average molecular weight is 362 g/mol. The lowest BCUT2D eigenvalue weighted by molar-refractivity contribution is 0.629. The molecule has 0 saturated heterocycles. The Hall–Kier alpha value is -3.54. The van der Waals surface area contributed by atoms with Gasteiger partial charge in [-0.1, -0.05) is 12.1 Å². The molecule has 27 heavy (non-hydrogen) atoms. The van der Waals surface area contributed by atoms with E-state index < -0.39 is 0 Å². The molecule has 4 N–H and O–H groups in total. The molecule has 0 aliphatic heterocycles. The van der Waals surface area contributed by atoms with E-state index in [0.29, 0.717) is 40.0 Å². The van der Waals surface area contributed by atoms with Gasteiger partial charge in [-0.15, -0.1) is 0 Å². The molecule has 0 fully saturated rings. The van der Waals surface area contributed by atoms with Gasteiger partial charge in [-0.2, -0.15) is 10.2 Å². The van der Waals surface area contributed by atoms with E-state index in [1.807, 2.05) is 0 Å². The number of halogens is 2. The summed E-state index contributed by atoms with van der Waals surface area (Å²) in [6.45, 7) is 0. The molecule has 4 aromatic rings. The molecule has 0 radical (unpaired) electrons. The van der Waals surface area contributed by atoms with Gasteiger partial charge in [-0.3, -0.25) is 0 Å². The monoisotopic (exact) mass is 362 g/mol. The first-order valence-corrected chi connectivity index (χ1v) is 8.35. The van der Waals surface area contributed by atoms with Crippen LogP contribution in [-0.2, 0) is 6.42 Å². The van der Waals surface area contributed by atoms with E-state index in [-0.39, 0.29) is 11.6 Å². The molecule has 1 heterocycles. The lowest BCUT2D eigenvalue weighted by atomic mass is 9.98. The summed E-state index contributed by atoms with van der Waals surface area (Å²) in [5.41, 5.74) is 14.9. The number of nitrogens with zero attached hydrogens (tertiary/aromatic N) is 2. The van der Waals surface area contributed by atoms with Crippen LogP contribution in [-0.4, -0.2) is 10.2 Å². The standard InChI is InChI=1S/C21H16F2N4/c22-15-4-2-14-11-26-27-21(17(14)10-15)8-12-1-5-18(23)16(7-12)13-3-6-19(24)20(25)9-13/h1-7,9-11H,8,24-25H2. The Bertz CT molecular complexity index is 1160. The summed E-state index contributed by atoms with van der Waals surface area (Å²) in [5, 5.41) is 9.62. The number of rotatable bonds is 3. The summed E-state index contributed by atoms with van der Waals surface area (Å²) in [7, 11) is 0. The summed E-state index contributed by atoms with van der Waals surface area (Å²) < 4.78 is 28.0. The number of benzene rings is 3. The van der Waals surface area contributed by atoms with Crippen molar-refractivity contribution >= 4 is 22.1 Å². The number of nitrogen functional groups attached to an aromatic ring is 2. The molecule has 4 rings (SSSR count). The van der Waals surface area contributed by atoms with Crippen LogP contribution in [0.5, 0.6) is 0 Å². The second-order valence-electron chi connectivity index (χ2n) is 6.36. The van der Waals surface area contributed by atoms with Crippen molar-refractivity contribution < 1.29 is 8.78 Å². The maximum Gasteiger partial charge on any atom is 0.131 e. The van der Waals surface area contributed by atoms with Crippen LogP contribution < -0.4 is 11.5 Å². The van der Waals surface area contributed by atoms with Crippen LogP contribution in [0.1, 0.15) is 11.3 Å². The molecule has 0 atom stereocenters. The van der Waals surface area contributed by atoms with Crippen LogP contribution in [0.2, 0.25) is 0 Å². The Morgan fingerprint density at radius 2 is 1.70 bits per heavy atom. The van der Waals surface area contributed by atoms with Crippen molar-refractivity contribution in [1.82, 2.24) is 10.2 Å². The third kappa shape index (κ3) is 3.29. The first-order valence-electron chi connectivity index (χ1n) is 8.35. The van der Waals surface area contributed by atoms with Gasteiger partial charge in [0.1, 0.15) is 11.6 Å². The van der Waals surface area contributed by atoms with E-state index >= 15 is 0 Å². The van der Waals surface area contributed by atoms with E-state index in [1.165, 1.54) is 18.2 Å². The van der Waals surface area contributed by atoms with Crippen LogP contribution in [0.25, 0.3) is 21.9 Å². The van der Waals surface area contributed by atoms with Crippen LogP contribution in [0, 0.1) is 11.6 Å². The molecule has 0 aliphatic rings. The first kappa shape index (κ1) is 16.9. The highest BCUT2D eigenvalue weighted by Gasteiger charge is 2.11. The fraction of sp³-hybridized carbons (Fsp3) is 0.0476. The van der Waals surface area contributed by atoms with Gasteiger partial charge >= 0.3 is 0 Å². The van der Waals surface area contributed by atoms with Crippen LogP contribution in [0.4, 0.5) is 20.2 Å². The topological polar surface area (TPSA) is 77.8 Å². The first-order chi connectivity index (χ1) is 13.0. The molecule has 0 spiro atoms. The van der Waals surface area contributed by atoms with E-state index in [2.05, 4.69) is 10.2 Å². The quantitative estimate of drug-likeness (QED) is 0.532. The molecule has 0 unspecified atom stereocenters. The minimum Gasteiger partial charge on any atom is -0.397 e. The fourth-order valence-corrected chi connectivity index (χ4v) is 3.08. The van der Waals surface area contributed by atoms with Gasteiger partial charge in [0.25, 0.3) is 0 Å². The highest BCUT2D eigenvalue weighted by atomic mass is 19.1. The van der Waals surface area contributed by atoms with Gasteiger partial charge in [0.2, 0.25) is 0 Å². The Morgan fingerprint density at radius 1 is 0.852 bits per heavy atom. The SMILES string of the molecule is Nc1ccc(-c2cc(Cc3nncc4ccc(F)cc34)ccc2F)cc1N.